The molecule has 2 aliphatic rings. The Bertz CT molecular complexity index is 506. The minimum atomic E-state index is -0.338. The van der Waals surface area contributed by atoms with Crippen molar-refractivity contribution in [2.45, 2.75) is 25.7 Å². The molecule has 2 unspecified atom stereocenters. The highest BCUT2D eigenvalue weighted by Gasteiger charge is 2.49. The van der Waals surface area contributed by atoms with E-state index in [4.69, 9.17) is 0 Å². The number of nitrogens with one attached hydrogen (secondary N) is 2. The summed E-state index contributed by atoms with van der Waals surface area (Å²) < 4.78 is 0. The van der Waals surface area contributed by atoms with E-state index in [1.54, 1.807) is 0 Å². The second-order valence-electron chi connectivity index (χ2n) is 4.65. The van der Waals surface area contributed by atoms with Crippen molar-refractivity contribution in [2.24, 2.45) is 11.8 Å². The maximum Gasteiger partial charge on any atom is 0.266 e. The average Bonchev–Trinajstić information content (AvgIpc) is 2.84. The summed E-state index contributed by atoms with van der Waals surface area (Å²) in [7, 11) is 0. The van der Waals surface area contributed by atoms with Crippen molar-refractivity contribution < 1.29 is 9.59 Å². The summed E-state index contributed by atoms with van der Waals surface area (Å²) >= 11 is 0. The van der Waals surface area contributed by atoms with Crippen LogP contribution >= 0.6 is 0 Å². The van der Waals surface area contributed by atoms with Crippen LogP contribution in [0.2, 0.25) is 0 Å². The van der Waals surface area contributed by atoms with Crippen molar-refractivity contribution >= 4 is 17.6 Å². The molecule has 3 rings (SSSR count). The largest absolute Gasteiger partial charge is 0.282 e. The van der Waals surface area contributed by atoms with Gasteiger partial charge in [-0.05, 0) is 12.8 Å². The summed E-state index contributed by atoms with van der Waals surface area (Å²) in [5.41, 5.74) is -0.338. The van der Waals surface area contributed by atoms with Gasteiger partial charge in [-0.1, -0.05) is 12.8 Å². The van der Waals surface area contributed by atoms with Crippen molar-refractivity contribution in [3.8, 4) is 0 Å². The van der Waals surface area contributed by atoms with Gasteiger partial charge in [0.05, 0.1) is 11.8 Å². The van der Waals surface area contributed by atoms with Gasteiger partial charge in [-0.25, -0.2) is 4.90 Å². The van der Waals surface area contributed by atoms with Crippen molar-refractivity contribution in [3.63, 3.8) is 0 Å². The van der Waals surface area contributed by atoms with Gasteiger partial charge >= 0.3 is 0 Å². The fraction of sp³-hybridized carbons (Fsp3) is 0.545. The molecule has 0 spiro atoms. The first-order valence-electron chi connectivity index (χ1n) is 5.84. The quantitative estimate of drug-likeness (QED) is 0.690. The van der Waals surface area contributed by atoms with Gasteiger partial charge in [0.2, 0.25) is 11.8 Å². The lowest BCUT2D eigenvalue weighted by atomic mass is 9.81. The number of hydrogen-bond donors (Lipinski definition) is 2. The summed E-state index contributed by atoms with van der Waals surface area (Å²) in [6, 6.07) is 1.24. The fourth-order valence-corrected chi connectivity index (χ4v) is 2.84. The minimum Gasteiger partial charge on any atom is -0.282 e. The molecule has 0 bridgehead atoms. The Morgan fingerprint density at radius 2 is 1.59 bits per heavy atom. The van der Waals surface area contributed by atoms with Crippen molar-refractivity contribution in [3.05, 3.63) is 16.4 Å². The number of carbonyl (C=O) groups excluding carboxylic acids is 2. The number of hydrogen-bond acceptors (Lipinski definition) is 3. The maximum atomic E-state index is 12.1. The molecule has 0 aromatic carbocycles. The van der Waals surface area contributed by atoms with E-state index in [0.717, 1.165) is 30.6 Å². The number of nitrogens with zero attached hydrogens (tertiary/aromatic N) is 1. The highest BCUT2D eigenvalue weighted by Crippen LogP contribution is 2.39. The van der Waals surface area contributed by atoms with Crippen LogP contribution in [-0.2, 0) is 9.59 Å². The lowest BCUT2D eigenvalue weighted by Crippen LogP contribution is -2.31. The molecule has 1 aromatic heterocycles. The third-order valence-electron chi connectivity index (χ3n) is 3.66. The second kappa shape index (κ2) is 3.58. The van der Waals surface area contributed by atoms with Gasteiger partial charge in [0.15, 0.2) is 0 Å². The lowest BCUT2D eigenvalue weighted by molar-refractivity contribution is -0.122. The Morgan fingerprint density at radius 3 is 2.06 bits per heavy atom. The van der Waals surface area contributed by atoms with Crippen LogP contribution in [0.15, 0.2) is 10.9 Å². The van der Waals surface area contributed by atoms with Gasteiger partial charge in [0.25, 0.3) is 5.56 Å². The molecule has 2 N–H and O–H groups in total. The molecule has 2 heterocycles. The summed E-state index contributed by atoms with van der Waals surface area (Å²) in [4.78, 5) is 36.4. The highest BCUT2D eigenvalue weighted by molar-refractivity contribution is 6.21. The van der Waals surface area contributed by atoms with Gasteiger partial charge in [0.1, 0.15) is 5.82 Å². The number of aromatic amines is 2. The van der Waals surface area contributed by atoms with Crippen LogP contribution in [0.5, 0.6) is 0 Å². The van der Waals surface area contributed by atoms with Gasteiger partial charge < -0.3 is 0 Å². The minimum absolute atomic E-state index is 0.171. The van der Waals surface area contributed by atoms with Crippen LogP contribution in [0.1, 0.15) is 25.7 Å². The number of fused-ring (bicyclic) bond motifs is 1. The molecule has 2 atom stereocenters. The average molecular weight is 235 g/mol. The maximum absolute atomic E-state index is 12.1. The summed E-state index contributed by atoms with van der Waals surface area (Å²) in [5, 5.41) is 4.91. The highest BCUT2D eigenvalue weighted by atomic mass is 16.2. The number of H-pyrrole nitrogens is 2. The first-order valence-corrected chi connectivity index (χ1v) is 5.84. The first-order chi connectivity index (χ1) is 8.18. The molecule has 1 aliphatic carbocycles. The zero-order valence-corrected chi connectivity index (χ0v) is 9.23. The van der Waals surface area contributed by atoms with Crippen LogP contribution < -0.4 is 10.5 Å². The molecule has 0 radical (unpaired) electrons. The van der Waals surface area contributed by atoms with Crippen LogP contribution in [-0.4, -0.2) is 22.0 Å². The smallest absolute Gasteiger partial charge is 0.266 e. The molecule has 6 nitrogen and oxygen atoms in total. The molecule has 1 saturated heterocycles. The van der Waals surface area contributed by atoms with E-state index in [9.17, 15) is 14.4 Å². The number of imide groups is 1. The van der Waals surface area contributed by atoms with E-state index in [0.29, 0.717) is 0 Å². The van der Waals surface area contributed by atoms with Gasteiger partial charge in [0, 0.05) is 6.07 Å². The van der Waals surface area contributed by atoms with E-state index < -0.39 is 0 Å². The predicted octanol–water partition coefficient (Wildman–Crippen LogP) is 0.383. The molecule has 2 fully saturated rings. The number of anilines is 1. The normalized spacial score (nSPS) is 28.6. The molecule has 1 saturated carbocycles. The SMILES string of the molecule is O=C1C2CCCCC2C(=O)N1c1cc(=O)[nH][nH]1. The Morgan fingerprint density at radius 1 is 1.00 bits per heavy atom. The van der Waals surface area contributed by atoms with Crippen LogP contribution in [0.25, 0.3) is 0 Å². The number of amides is 2. The van der Waals surface area contributed by atoms with Crippen molar-refractivity contribution in [1.29, 1.82) is 0 Å². The van der Waals surface area contributed by atoms with Crippen molar-refractivity contribution in [2.75, 3.05) is 4.90 Å². The zero-order valence-electron chi connectivity index (χ0n) is 9.23. The van der Waals surface area contributed by atoms with Gasteiger partial charge in [-0.15, -0.1) is 0 Å². The molecule has 1 aromatic rings. The zero-order chi connectivity index (χ0) is 12.0. The molecule has 17 heavy (non-hydrogen) atoms. The standard InChI is InChI=1S/C11H13N3O3/c15-9-5-8(12-13-9)14-10(16)6-3-1-2-4-7(6)11(14)17/h5-7H,1-4H2,(H2,12,13,15). The molecular formula is C11H13N3O3. The van der Waals surface area contributed by atoms with E-state index in [2.05, 4.69) is 10.2 Å². The third kappa shape index (κ3) is 1.44. The third-order valence-corrected chi connectivity index (χ3v) is 3.66. The molecule has 2 amide bonds. The molecule has 90 valence electrons. The number of carbonyl (C=O) groups is 2. The predicted molar refractivity (Wildman–Crippen MR) is 59.4 cm³/mol. The Balaban J connectivity index is 1.98. The Kier molecular flexibility index (Phi) is 2.17. The summed E-state index contributed by atoms with van der Waals surface area (Å²) in [6.45, 7) is 0. The van der Waals surface area contributed by atoms with E-state index in [1.807, 2.05) is 0 Å². The second-order valence-corrected chi connectivity index (χ2v) is 4.65. The van der Waals surface area contributed by atoms with Crippen LogP contribution in [0.4, 0.5) is 5.82 Å². The van der Waals surface area contributed by atoms with Gasteiger partial charge in [-0.3, -0.25) is 24.6 Å². The van der Waals surface area contributed by atoms with Crippen molar-refractivity contribution in [1.82, 2.24) is 10.2 Å². The van der Waals surface area contributed by atoms with Crippen LogP contribution in [0.3, 0.4) is 0 Å². The molecule has 1 aliphatic heterocycles. The first kappa shape index (κ1) is 10.3. The Hall–Kier alpha value is -1.85. The monoisotopic (exact) mass is 235 g/mol. The van der Waals surface area contributed by atoms with E-state index in [1.165, 1.54) is 6.07 Å². The van der Waals surface area contributed by atoms with Gasteiger partial charge in [-0.2, -0.15) is 0 Å². The van der Waals surface area contributed by atoms with Crippen LogP contribution in [0, 0.1) is 11.8 Å². The molecule has 6 heteroatoms. The number of aromatic nitrogens is 2. The van der Waals surface area contributed by atoms with E-state index >= 15 is 0 Å². The summed E-state index contributed by atoms with van der Waals surface area (Å²) in [6.07, 6.45) is 3.55. The topological polar surface area (TPSA) is 86.0 Å². The van der Waals surface area contributed by atoms with E-state index in [-0.39, 0.29) is 35.0 Å². The Labute approximate surface area is 97.0 Å². The number of rotatable bonds is 1. The lowest BCUT2D eigenvalue weighted by Gasteiger charge is -2.19. The molecular weight excluding hydrogens is 222 g/mol. The fourth-order valence-electron chi connectivity index (χ4n) is 2.84. The summed E-state index contributed by atoms with van der Waals surface area (Å²) in [5.74, 6) is -0.450.